The van der Waals surface area contributed by atoms with Crippen LogP contribution in [0.1, 0.15) is 17.5 Å². The number of nitrogens with zero attached hydrogens (tertiary/aromatic N) is 2. The van der Waals surface area contributed by atoms with Crippen LogP contribution in [0, 0.1) is 6.92 Å². The molecule has 0 aliphatic rings. The fourth-order valence-corrected chi connectivity index (χ4v) is 1.88. The van der Waals surface area contributed by atoms with Gasteiger partial charge in [-0.2, -0.15) is 0 Å². The average molecular weight is 250 g/mol. The molecule has 1 aromatic heterocycles. The van der Waals surface area contributed by atoms with Gasteiger partial charge in [0.15, 0.2) is 0 Å². The summed E-state index contributed by atoms with van der Waals surface area (Å²) >= 11 is 1.37. The van der Waals surface area contributed by atoms with Crippen LogP contribution in [0.4, 0.5) is 0 Å². The molecule has 2 rings (SSSR count). The van der Waals surface area contributed by atoms with Gasteiger partial charge < -0.3 is 9.47 Å². The minimum atomic E-state index is 0.511. The summed E-state index contributed by atoms with van der Waals surface area (Å²) in [6.45, 7) is 5.08. The highest BCUT2D eigenvalue weighted by Crippen LogP contribution is 2.19. The SMILES string of the molecule is CCOc1ccc(OCc2snnc2C)cc1. The molecule has 0 aliphatic carbocycles. The first-order valence-corrected chi connectivity index (χ1v) is 6.20. The van der Waals surface area contributed by atoms with Crippen molar-refractivity contribution in [3.05, 3.63) is 34.8 Å². The third kappa shape index (κ3) is 3.17. The molecule has 0 saturated carbocycles. The van der Waals surface area contributed by atoms with Gasteiger partial charge in [0, 0.05) is 0 Å². The number of rotatable bonds is 5. The maximum absolute atomic E-state index is 5.64. The average Bonchev–Trinajstić information content (AvgIpc) is 2.75. The minimum Gasteiger partial charge on any atom is -0.494 e. The molecule has 0 radical (unpaired) electrons. The summed E-state index contributed by atoms with van der Waals surface area (Å²) in [4.78, 5) is 1.05. The van der Waals surface area contributed by atoms with Gasteiger partial charge >= 0.3 is 0 Å². The summed E-state index contributed by atoms with van der Waals surface area (Å²) in [6.07, 6.45) is 0. The summed E-state index contributed by atoms with van der Waals surface area (Å²) in [6, 6.07) is 7.59. The zero-order valence-corrected chi connectivity index (χ0v) is 10.7. The van der Waals surface area contributed by atoms with Crippen molar-refractivity contribution in [2.75, 3.05) is 6.61 Å². The number of hydrogen-bond donors (Lipinski definition) is 0. The van der Waals surface area contributed by atoms with Crippen LogP contribution in [-0.2, 0) is 6.61 Å². The van der Waals surface area contributed by atoms with Crippen molar-refractivity contribution in [1.29, 1.82) is 0 Å². The van der Waals surface area contributed by atoms with Crippen molar-refractivity contribution >= 4 is 11.5 Å². The Labute approximate surface area is 104 Å². The van der Waals surface area contributed by atoms with Crippen LogP contribution in [0.2, 0.25) is 0 Å². The van der Waals surface area contributed by atoms with Crippen molar-refractivity contribution < 1.29 is 9.47 Å². The van der Waals surface area contributed by atoms with E-state index in [0.29, 0.717) is 13.2 Å². The summed E-state index contributed by atoms with van der Waals surface area (Å²) in [5.74, 6) is 1.68. The molecule has 2 aromatic rings. The molecule has 17 heavy (non-hydrogen) atoms. The molecule has 0 fully saturated rings. The fraction of sp³-hybridized carbons (Fsp3) is 0.333. The van der Waals surface area contributed by atoms with Gasteiger partial charge in [-0.15, -0.1) is 5.10 Å². The molecule has 0 N–H and O–H groups in total. The van der Waals surface area contributed by atoms with Crippen LogP contribution >= 0.6 is 11.5 Å². The smallest absolute Gasteiger partial charge is 0.126 e. The van der Waals surface area contributed by atoms with Crippen molar-refractivity contribution in [2.24, 2.45) is 0 Å². The van der Waals surface area contributed by atoms with Crippen molar-refractivity contribution in [3.63, 3.8) is 0 Å². The maximum atomic E-state index is 5.64. The molecule has 0 saturated heterocycles. The van der Waals surface area contributed by atoms with E-state index in [9.17, 15) is 0 Å². The molecule has 0 atom stereocenters. The summed E-state index contributed by atoms with van der Waals surface area (Å²) in [7, 11) is 0. The molecule has 90 valence electrons. The first kappa shape index (κ1) is 11.9. The van der Waals surface area contributed by atoms with E-state index >= 15 is 0 Å². The standard InChI is InChI=1S/C12H14N2O2S/c1-3-15-10-4-6-11(7-5-10)16-8-12-9(2)13-14-17-12/h4-7H,3,8H2,1-2H3. The Bertz CT molecular complexity index is 468. The predicted molar refractivity (Wildman–Crippen MR) is 66.6 cm³/mol. The second-order valence-electron chi connectivity index (χ2n) is 3.47. The topological polar surface area (TPSA) is 44.2 Å². The van der Waals surface area contributed by atoms with Gasteiger partial charge in [-0.1, -0.05) is 4.49 Å². The summed E-state index contributed by atoms with van der Waals surface area (Å²) < 4.78 is 14.9. The Balaban J connectivity index is 1.93. The third-order valence-electron chi connectivity index (χ3n) is 2.25. The van der Waals surface area contributed by atoms with E-state index in [1.807, 2.05) is 38.1 Å². The monoisotopic (exact) mass is 250 g/mol. The lowest BCUT2D eigenvalue weighted by Gasteiger charge is -2.06. The van der Waals surface area contributed by atoms with Crippen molar-refractivity contribution in [1.82, 2.24) is 9.59 Å². The summed E-state index contributed by atoms with van der Waals surface area (Å²) in [5, 5.41) is 3.94. The zero-order chi connectivity index (χ0) is 12.1. The second kappa shape index (κ2) is 5.63. The van der Waals surface area contributed by atoms with Gasteiger partial charge in [0.1, 0.15) is 18.1 Å². The van der Waals surface area contributed by atoms with Crippen LogP contribution in [0.15, 0.2) is 24.3 Å². The Morgan fingerprint density at radius 3 is 2.29 bits per heavy atom. The largest absolute Gasteiger partial charge is 0.494 e. The van der Waals surface area contributed by atoms with E-state index < -0.39 is 0 Å². The number of aromatic nitrogens is 2. The first-order valence-electron chi connectivity index (χ1n) is 5.43. The van der Waals surface area contributed by atoms with Gasteiger partial charge in [-0.3, -0.25) is 0 Å². The van der Waals surface area contributed by atoms with Crippen molar-refractivity contribution in [3.8, 4) is 11.5 Å². The molecule has 0 spiro atoms. The lowest BCUT2D eigenvalue weighted by Crippen LogP contribution is -1.95. The lowest BCUT2D eigenvalue weighted by atomic mass is 10.3. The Kier molecular flexibility index (Phi) is 3.93. The molecular weight excluding hydrogens is 236 g/mol. The molecule has 1 heterocycles. The van der Waals surface area contributed by atoms with Crippen LogP contribution in [-0.4, -0.2) is 16.2 Å². The van der Waals surface area contributed by atoms with E-state index in [4.69, 9.17) is 9.47 Å². The molecule has 1 aromatic carbocycles. The van der Waals surface area contributed by atoms with E-state index in [1.165, 1.54) is 11.5 Å². The fourth-order valence-electron chi connectivity index (χ4n) is 1.33. The minimum absolute atomic E-state index is 0.511. The maximum Gasteiger partial charge on any atom is 0.126 e. The quantitative estimate of drug-likeness (QED) is 0.818. The highest BCUT2D eigenvalue weighted by atomic mass is 32.1. The third-order valence-corrected chi connectivity index (χ3v) is 3.05. The van der Waals surface area contributed by atoms with Crippen LogP contribution in [0.5, 0.6) is 11.5 Å². The highest BCUT2D eigenvalue weighted by Gasteiger charge is 2.03. The Hall–Kier alpha value is -1.62. The molecule has 0 bridgehead atoms. The number of benzene rings is 1. The molecule has 0 amide bonds. The Morgan fingerprint density at radius 1 is 1.12 bits per heavy atom. The lowest BCUT2D eigenvalue weighted by molar-refractivity contribution is 0.306. The van der Waals surface area contributed by atoms with E-state index in [1.54, 1.807) is 0 Å². The van der Waals surface area contributed by atoms with Gasteiger partial charge in [0.25, 0.3) is 0 Å². The van der Waals surface area contributed by atoms with Gasteiger partial charge in [-0.25, -0.2) is 0 Å². The molecule has 5 heteroatoms. The Morgan fingerprint density at radius 2 is 1.76 bits per heavy atom. The number of hydrogen-bond acceptors (Lipinski definition) is 5. The predicted octanol–water partition coefficient (Wildman–Crippen LogP) is 2.82. The van der Waals surface area contributed by atoms with Crippen LogP contribution < -0.4 is 9.47 Å². The van der Waals surface area contributed by atoms with Gasteiger partial charge in [-0.05, 0) is 49.6 Å². The second-order valence-corrected chi connectivity index (χ2v) is 4.31. The zero-order valence-electron chi connectivity index (χ0n) is 9.84. The van der Waals surface area contributed by atoms with Gasteiger partial charge in [0.2, 0.25) is 0 Å². The number of ether oxygens (including phenoxy) is 2. The molecule has 4 nitrogen and oxygen atoms in total. The van der Waals surface area contributed by atoms with Crippen molar-refractivity contribution in [2.45, 2.75) is 20.5 Å². The molecular formula is C12H14N2O2S. The first-order chi connectivity index (χ1) is 8.29. The van der Waals surface area contributed by atoms with Crippen LogP contribution in [0.3, 0.4) is 0 Å². The van der Waals surface area contributed by atoms with Gasteiger partial charge in [0.05, 0.1) is 17.2 Å². The normalized spacial score (nSPS) is 10.2. The van der Waals surface area contributed by atoms with E-state index in [0.717, 1.165) is 22.1 Å². The number of aryl methyl sites for hydroxylation is 1. The van der Waals surface area contributed by atoms with Crippen LogP contribution in [0.25, 0.3) is 0 Å². The molecule has 0 aliphatic heterocycles. The molecule has 0 unspecified atom stereocenters. The van der Waals surface area contributed by atoms with E-state index in [2.05, 4.69) is 9.59 Å². The summed E-state index contributed by atoms with van der Waals surface area (Å²) in [5.41, 5.74) is 0.931. The highest BCUT2D eigenvalue weighted by molar-refractivity contribution is 7.05. The van der Waals surface area contributed by atoms with E-state index in [-0.39, 0.29) is 0 Å².